The largest absolute Gasteiger partial charge is 0.342 e. The molecule has 2 heterocycles. The summed E-state index contributed by atoms with van der Waals surface area (Å²) in [5.41, 5.74) is 2.06. The highest BCUT2D eigenvalue weighted by Crippen LogP contribution is 2.13. The number of nitrogens with zero attached hydrogens (tertiary/aromatic N) is 2. The van der Waals surface area contributed by atoms with E-state index in [4.69, 9.17) is 0 Å². The summed E-state index contributed by atoms with van der Waals surface area (Å²) in [5, 5.41) is 5.93. The van der Waals surface area contributed by atoms with E-state index in [0.29, 0.717) is 12.5 Å². The molecule has 24 heavy (non-hydrogen) atoms. The van der Waals surface area contributed by atoms with Gasteiger partial charge in [-0.25, -0.2) is 9.78 Å². The first-order valence-electron chi connectivity index (χ1n) is 8.84. The summed E-state index contributed by atoms with van der Waals surface area (Å²) in [7, 11) is 2.14. The van der Waals surface area contributed by atoms with Crippen molar-refractivity contribution in [1.82, 2.24) is 25.5 Å². The summed E-state index contributed by atoms with van der Waals surface area (Å²) in [6.45, 7) is 3.67. The van der Waals surface area contributed by atoms with Crippen molar-refractivity contribution in [2.24, 2.45) is 5.92 Å². The van der Waals surface area contributed by atoms with Crippen LogP contribution in [0, 0.1) is 5.92 Å². The second-order valence-corrected chi connectivity index (χ2v) is 6.71. The summed E-state index contributed by atoms with van der Waals surface area (Å²) >= 11 is 0. The number of nitrogens with one attached hydrogen (secondary N) is 3. The third-order valence-electron chi connectivity index (χ3n) is 4.59. The molecule has 0 spiro atoms. The number of amides is 2. The van der Waals surface area contributed by atoms with Gasteiger partial charge < -0.3 is 20.5 Å². The standard InChI is InChI=1S/C18H27N5O/c1-23-11-5-6-14(13-23)12-20-18(24)19-10-4-9-17-21-15-7-2-3-8-16(15)22-17/h2-3,7-8,14H,4-6,9-13H2,1H3,(H,21,22)(H2,19,20,24)/t14-/m0/s1. The van der Waals surface area contributed by atoms with Crippen LogP contribution in [-0.2, 0) is 6.42 Å². The monoisotopic (exact) mass is 329 g/mol. The molecule has 1 atom stereocenters. The maximum atomic E-state index is 11.9. The lowest BCUT2D eigenvalue weighted by Gasteiger charge is -2.29. The first kappa shape index (κ1) is 16.8. The predicted octanol–water partition coefficient (Wildman–Crippen LogP) is 2.14. The van der Waals surface area contributed by atoms with Crippen LogP contribution in [0.1, 0.15) is 25.1 Å². The van der Waals surface area contributed by atoms with Gasteiger partial charge in [0, 0.05) is 26.1 Å². The molecule has 130 valence electrons. The first-order chi connectivity index (χ1) is 11.7. The van der Waals surface area contributed by atoms with Crippen molar-refractivity contribution in [2.45, 2.75) is 25.7 Å². The van der Waals surface area contributed by atoms with Crippen molar-refractivity contribution in [3.63, 3.8) is 0 Å². The molecule has 1 aromatic carbocycles. The average molecular weight is 329 g/mol. The van der Waals surface area contributed by atoms with E-state index in [1.165, 1.54) is 19.4 Å². The molecule has 1 aromatic heterocycles. The van der Waals surface area contributed by atoms with Gasteiger partial charge in [0.2, 0.25) is 0 Å². The number of aromatic amines is 1. The van der Waals surface area contributed by atoms with Gasteiger partial charge >= 0.3 is 6.03 Å². The number of imidazole rings is 1. The van der Waals surface area contributed by atoms with Gasteiger partial charge in [-0.1, -0.05) is 12.1 Å². The number of para-hydroxylation sites is 2. The van der Waals surface area contributed by atoms with Gasteiger partial charge in [0.25, 0.3) is 0 Å². The van der Waals surface area contributed by atoms with Crippen molar-refractivity contribution < 1.29 is 4.79 Å². The fourth-order valence-corrected chi connectivity index (χ4v) is 3.32. The first-order valence-corrected chi connectivity index (χ1v) is 8.84. The highest BCUT2D eigenvalue weighted by Gasteiger charge is 2.17. The molecule has 0 bridgehead atoms. The Labute approximate surface area is 143 Å². The molecule has 1 aliphatic rings. The molecule has 0 unspecified atom stereocenters. The molecular formula is C18H27N5O. The minimum absolute atomic E-state index is 0.0622. The number of likely N-dealkylation sites (tertiary alicyclic amines) is 1. The van der Waals surface area contributed by atoms with Crippen LogP contribution in [-0.4, -0.2) is 54.1 Å². The Morgan fingerprint density at radius 1 is 1.38 bits per heavy atom. The molecular weight excluding hydrogens is 302 g/mol. The van der Waals surface area contributed by atoms with E-state index in [-0.39, 0.29) is 6.03 Å². The van der Waals surface area contributed by atoms with E-state index >= 15 is 0 Å². The number of rotatable bonds is 6. The van der Waals surface area contributed by atoms with Gasteiger partial charge in [-0.3, -0.25) is 0 Å². The van der Waals surface area contributed by atoms with Crippen LogP contribution >= 0.6 is 0 Å². The number of piperidine rings is 1. The Balaban J connectivity index is 1.32. The van der Waals surface area contributed by atoms with E-state index in [9.17, 15) is 4.79 Å². The molecule has 6 nitrogen and oxygen atoms in total. The number of aromatic nitrogens is 2. The molecule has 0 saturated carbocycles. The summed E-state index contributed by atoms with van der Waals surface area (Å²) < 4.78 is 0. The number of aryl methyl sites for hydroxylation is 1. The minimum atomic E-state index is -0.0622. The van der Waals surface area contributed by atoms with Crippen molar-refractivity contribution in [3.8, 4) is 0 Å². The van der Waals surface area contributed by atoms with Crippen LogP contribution in [0.2, 0.25) is 0 Å². The molecule has 1 saturated heterocycles. The maximum absolute atomic E-state index is 11.9. The van der Waals surface area contributed by atoms with Gasteiger partial charge in [0.1, 0.15) is 5.82 Å². The SMILES string of the molecule is CN1CCC[C@@H](CNC(=O)NCCCc2nc3ccccc3[nH]2)C1. The smallest absolute Gasteiger partial charge is 0.314 e. The second-order valence-electron chi connectivity index (χ2n) is 6.71. The Morgan fingerprint density at radius 2 is 2.25 bits per heavy atom. The quantitative estimate of drug-likeness (QED) is 0.711. The van der Waals surface area contributed by atoms with Crippen molar-refractivity contribution >= 4 is 17.1 Å². The van der Waals surface area contributed by atoms with Crippen LogP contribution in [0.5, 0.6) is 0 Å². The Hall–Kier alpha value is -2.08. The van der Waals surface area contributed by atoms with Crippen molar-refractivity contribution in [1.29, 1.82) is 0 Å². The molecule has 0 aliphatic carbocycles. The van der Waals surface area contributed by atoms with Gasteiger partial charge in [-0.05, 0) is 50.9 Å². The van der Waals surface area contributed by atoms with E-state index in [2.05, 4.69) is 32.5 Å². The van der Waals surface area contributed by atoms with E-state index in [0.717, 1.165) is 42.8 Å². The predicted molar refractivity (Wildman–Crippen MR) is 96.0 cm³/mol. The summed E-state index contributed by atoms with van der Waals surface area (Å²) in [4.78, 5) is 22.1. The zero-order valence-electron chi connectivity index (χ0n) is 14.3. The second kappa shape index (κ2) is 8.15. The average Bonchev–Trinajstić information content (AvgIpc) is 3.00. The molecule has 3 N–H and O–H groups in total. The molecule has 2 aromatic rings. The molecule has 6 heteroatoms. The van der Waals surface area contributed by atoms with Crippen LogP contribution in [0.3, 0.4) is 0 Å². The lowest BCUT2D eigenvalue weighted by atomic mass is 9.99. The summed E-state index contributed by atoms with van der Waals surface area (Å²) in [6.07, 6.45) is 4.14. The Kier molecular flexibility index (Phi) is 5.69. The topological polar surface area (TPSA) is 73.1 Å². The fourth-order valence-electron chi connectivity index (χ4n) is 3.32. The number of carbonyl (C=O) groups is 1. The number of carbonyl (C=O) groups excluding carboxylic acids is 1. The molecule has 1 fully saturated rings. The lowest BCUT2D eigenvalue weighted by molar-refractivity contribution is 0.202. The molecule has 3 rings (SSSR count). The lowest BCUT2D eigenvalue weighted by Crippen LogP contribution is -2.42. The summed E-state index contributed by atoms with van der Waals surface area (Å²) in [6, 6.07) is 7.96. The van der Waals surface area contributed by atoms with E-state index in [1.54, 1.807) is 0 Å². The Morgan fingerprint density at radius 3 is 3.08 bits per heavy atom. The van der Waals surface area contributed by atoms with Gasteiger partial charge in [-0.2, -0.15) is 0 Å². The van der Waals surface area contributed by atoms with Gasteiger partial charge in [-0.15, -0.1) is 0 Å². The van der Waals surface area contributed by atoms with E-state index in [1.807, 2.05) is 24.3 Å². The number of H-pyrrole nitrogens is 1. The summed E-state index contributed by atoms with van der Waals surface area (Å²) in [5.74, 6) is 1.55. The highest BCUT2D eigenvalue weighted by atomic mass is 16.2. The number of fused-ring (bicyclic) bond motifs is 1. The Bertz CT molecular complexity index is 635. The zero-order valence-corrected chi connectivity index (χ0v) is 14.3. The normalized spacial score (nSPS) is 18.6. The van der Waals surface area contributed by atoms with Crippen molar-refractivity contribution in [3.05, 3.63) is 30.1 Å². The van der Waals surface area contributed by atoms with Crippen LogP contribution in [0.15, 0.2) is 24.3 Å². The zero-order chi connectivity index (χ0) is 16.8. The van der Waals surface area contributed by atoms with Gasteiger partial charge in [0.15, 0.2) is 0 Å². The maximum Gasteiger partial charge on any atom is 0.314 e. The fraction of sp³-hybridized carbons (Fsp3) is 0.556. The minimum Gasteiger partial charge on any atom is -0.342 e. The number of hydrogen-bond donors (Lipinski definition) is 3. The van der Waals surface area contributed by atoms with E-state index < -0.39 is 0 Å². The van der Waals surface area contributed by atoms with Crippen LogP contribution in [0.25, 0.3) is 11.0 Å². The van der Waals surface area contributed by atoms with Crippen molar-refractivity contribution in [2.75, 3.05) is 33.2 Å². The van der Waals surface area contributed by atoms with Crippen LogP contribution < -0.4 is 10.6 Å². The number of hydrogen-bond acceptors (Lipinski definition) is 3. The third kappa shape index (κ3) is 4.71. The molecule has 2 amide bonds. The number of benzene rings is 1. The van der Waals surface area contributed by atoms with Gasteiger partial charge in [0.05, 0.1) is 11.0 Å². The highest BCUT2D eigenvalue weighted by molar-refractivity contribution is 5.74. The molecule has 1 aliphatic heterocycles. The number of urea groups is 1. The molecule has 0 radical (unpaired) electrons. The third-order valence-corrected chi connectivity index (χ3v) is 4.59. The van der Waals surface area contributed by atoms with Crippen LogP contribution in [0.4, 0.5) is 4.79 Å².